The minimum Gasteiger partial charge on any atom is -0.455 e. The smallest absolute Gasteiger partial charge is 0.416 e. The van der Waals surface area contributed by atoms with E-state index in [0.29, 0.717) is 32.0 Å². The number of aromatic nitrogens is 1. The minimum atomic E-state index is -4.72. The van der Waals surface area contributed by atoms with Gasteiger partial charge in [-0.3, -0.25) is 4.79 Å². The average molecular weight is 873 g/mol. The van der Waals surface area contributed by atoms with Crippen molar-refractivity contribution in [2.75, 3.05) is 19.6 Å². The molecule has 336 valence electrons. The number of benzene rings is 3. The van der Waals surface area contributed by atoms with Crippen molar-refractivity contribution in [1.82, 2.24) is 20.1 Å². The Morgan fingerprint density at radius 1 is 0.790 bits per heavy atom. The fourth-order valence-corrected chi connectivity index (χ4v) is 6.38. The Morgan fingerprint density at radius 3 is 1.98 bits per heavy atom. The van der Waals surface area contributed by atoms with E-state index in [0.717, 1.165) is 35.2 Å². The average Bonchev–Trinajstić information content (AvgIpc) is 3.70. The molecule has 1 N–H and O–H groups in total. The molecule has 0 saturated heterocycles. The fourth-order valence-electron chi connectivity index (χ4n) is 6.38. The van der Waals surface area contributed by atoms with E-state index in [9.17, 15) is 41.1 Å². The molecule has 0 aliphatic heterocycles. The highest BCUT2D eigenvalue weighted by molar-refractivity contribution is 5.99. The van der Waals surface area contributed by atoms with Gasteiger partial charge in [0.1, 0.15) is 35.2 Å². The Morgan fingerprint density at radius 2 is 1.42 bits per heavy atom. The molecule has 62 heavy (non-hydrogen) atoms. The Bertz CT molecular complexity index is 2140. The number of esters is 1. The molecule has 4 aromatic rings. The van der Waals surface area contributed by atoms with Crippen molar-refractivity contribution in [3.63, 3.8) is 0 Å². The predicted octanol–water partition coefficient (Wildman–Crippen LogP) is 10.00. The number of halogens is 5. The van der Waals surface area contributed by atoms with Crippen LogP contribution in [0.3, 0.4) is 0 Å². The van der Waals surface area contributed by atoms with Crippen molar-refractivity contribution >= 4 is 24.1 Å². The number of ether oxygens (including phenoxy) is 3. The van der Waals surface area contributed by atoms with Gasteiger partial charge in [-0.05, 0) is 114 Å². The Hall–Kier alpha value is -6.00. The third-order valence-corrected chi connectivity index (χ3v) is 8.84. The van der Waals surface area contributed by atoms with Crippen molar-refractivity contribution in [2.24, 2.45) is 0 Å². The maximum absolute atomic E-state index is 14.6. The summed E-state index contributed by atoms with van der Waals surface area (Å²) in [6, 6.07) is 9.59. The van der Waals surface area contributed by atoms with Crippen molar-refractivity contribution in [1.29, 1.82) is 0 Å². The third kappa shape index (κ3) is 14.9. The highest BCUT2D eigenvalue weighted by Gasteiger charge is 2.36. The SMILES string of the molecule is CCCN(CCC)C(=O)c1cc(C(=O)OC(CN(Cc2cccc(C(F)(F)F)c2)C(=O)OC(C)(C)C)C(Cc2cc(F)cc(F)c2)NC(=O)OC(C)(C)C)cc(-c2ncco2)c1. The van der Waals surface area contributed by atoms with E-state index in [2.05, 4.69) is 10.3 Å². The summed E-state index contributed by atoms with van der Waals surface area (Å²) in [5.41, 5.74) is -3.01. The van der Waals surface area contributed by atoms with Crippen LogP contribution in [0.25, 0.3) is 11.5 Å². The first-order valence-electron chi connectivity index (χ1n) is 20.1. The van der Waals surface area contributed by atoms with E-state index in [1.54, 1.807) is 46.4 Å². The van der Waals surface area contributed by atoms with Crippen LogP contribution >= 0.6 is 0 Å². The van der Waals surface area contributed by atoms with Gasteiger partial charge in [-0.2, -0.15) is 13.2 Å². The van der Waals surface area contributed by atoms with Gasteiger partial charge in [0, 0.05) is 36.8 Å². The molecule has 4 rings (SSSR count). The number of nitrogens with zero attached hydrogens (tertiary/aromatic N) is 3. The number of alkyl halides is 3. The first-order chi connectivity index (χ1) is 28.9. The molecule has 3 aromatic carbocycles. The second kappa shape index (κ2) is 20.7. The first kappa shape index (κ1) is 48.7. The quantitative estimate of drug-likeness (QED) is 0.0662. The van der Waals surface area contributed by atoms with Gasteiger partial charge < -0.3 is 33.7 Å². The molecule has 0 bridgehead atoms. The van der Waals surface area contributed by atoms with Crippen LogP contribution in [0.4, 0.5) is 31.5 Å². The Kier molecular flexibility index (Phi) is 16.3. The first-order valence-corrected chi connectivity index (χ1v) is 20.1. The topological polar surface area (TPSA) is 141 Å². The Labute approximate surface area is 357 Å². The summed E-state index contributed by atoms with van der Waals surface area (Å²) in [6.45, 7) is 13.0. The zero-order valence-corrected chi connectivity index (χ0v) is 36.0. The predicted molar refractivity (Wildman–Crippen MR) is 219 cm³/mol. The van der Waals surface area contributed by atoms with E-state index in [1.807, 2.05) is 13.8 Å². The molecule has 1 aromatic heterocycles. The van der Waals surface area contributed by atoms with Gasteiger partial charge in [0.05, 0.1) is 29.9 Å². The number of carbonyl (C=O) groups is 4. The van der Waals surface area contributed by atoms with E-state index in [-0.39, 0.29) is 33.7 Å². The summed E-state index contributed by atoms with van der Waals surface area (Å²) in [7, 11) is 0. The molecular weight excluding hydrogens is 820 g/mol. The summed E-state index contributed by atoms with van der Waals surface area (Å²) < 4.78 is 93.5. The highest BCUT2D eigenvalue weighted by atomic mass is 19.4. The van der Waals surface area contributed by atoms with Crippen LogP contribution in [0.1, 0.15) is 106 Å². The highest BCUT2D eigenvalue weighted by Crippen LogP contribution is 2.30. The van der Waals surface area contributed by atoms with Gasteiger partial charge >= 0.3 is 24.3 Å². The fraction of sp³-hybridized carbons (Fsp3) is 0.444. The van der Waals surface area contributed by atoms with Crippen LogP contribution in [-0.4, -0.2) is 81.8 Å². The summed E-state index contributed by atoms with van der Waals surface area (Å²) in [5.74, 6) is -3.32. The molecule has 1 heterocycles. The van der Waals surface area contributed by atoms with Crippen LogP contribution in [-0.2, 0) is 33.4 Å². The number of oxazole rings is 1. The zero-order valence-electron chi connectivity index (χ0n) is 36.0. The lowest BCUT2D eigenvalue weighted by Gasteiger charge is -2.34. The third-order valence-electron chi connectivity index (χ3n) is 8.84. The summed E-state index contributed by atoms with van der Waals surface area (Å²) in [6.07, 6.45) is -4.87. The lowest BCUT2D eigenvalue weighted by molar-refractivity contribution is -0.137. The molecule has 0 radical (unpaired) electrons. The van der Waals surface area contributed by atoms with Crippen LogP contribution in [0, 0.1) is 11.6 Å². The molecular formula is C45H53F5N4O8. The standard InChI is InChI=1S/C45H53F5N4O8/c1-9-15-53(16-10-2)39(55)31-22-30(38-51-14-17-59-38)23-32(24-31)40(56)60-37(36(52-41(57)61-43(3,4)5)21-29-19-34(46)25-35(47)20-29)27-54(42(58)62-44(6,7)8)26-28-12-11-13-33(18-28)45(48,49)50/h11-14,17-20,22-25,36-37H,9-10,15-16,21,26-27H2,1-8H3,(H,52,57). The number of alkyl carbamates (subject to hydrolysis) is 1. The molecule has 17 heteroatoms. The van der Waals surface area contributed by atoms with Gasteiger partial charge in [-0.1, -0.05) is 26.0 Å². The molecule has 2 atom stereocenters. The second-order valence-corrected chi connectivity index (χ2v) is 16.7. The largest absolute Gasteiger partial charge is 0.455 e. The van der Waals surface area contributed by atoms with E-state index in [1.165, 1.54) is 36.7 Å². The molecule has 0 aliphatic carbocycles. The van der Waals surface area contributed by atoms with E-state index in [4.69, 9.17) is 18.6 Å². The maximum atomic E-state index is 14.6. The van der Waals surface area contributed by atoms with Crippen LogP contribution in [0.15, 0.2) is 77.5 Å². The summed E-state index contributed by atoms with van der Waals surface area (Å²) >= 11 is 0. The lowest BCUT2D eigenvalue weighted by atomic mass is 9.99. The molecule has 0 saturated carbocycles. The van der Waals surface area contributed by atoms with Gasteiger partial charge in [0.15, 0.2) is 0 Å². The zero-order chi connectivity index (χ0) is 46.0. The monoisotopic (exact) mass is 872 g/mol. The molecule has 0 spiro atoms. The lowest BCUT2D eigenvalue weighted by Crippen LogP contribution is -2.53. The van der Waals surface area contributed by atoms with Crippen molar-refractivity contribution in [3.05, 3.63) is 113 Å². The molecule has 3 amide bonds. The number of nitrogens with one attached hydrogen (secondary N) is 1. The van der Waals surface area contributed by atoms with Crippen molar-refractivity contribution in [3.8, 4) is 11.5 Å². The number of amides is 3. The normalized spacial score (nSPS) is 12.9. The van der Waals surface area contributed by atoms with Gasteiger partial charge in [-0.25, -0.2) is 28.1 Å². The molecule has 0 fully saturated rings. The van der Waals surface area contributed by atoms with Gasteiger partial charge in [0.2, 0.25) is 5.89 Å². The molecule has 12 nitrogen and oxygen atoms in total. The molecule has 2 unspecified atom stereocenters. The maximum Gasteiger partial charge on any atom is 0.416 e. The molecule has 0 aliphatic rings. The number of hydrogen-bond donors (Lipinski definition) is 1. The van der Waals surface area contributed by atoms with Crippen LogP contribution in [0.5, 0.6) is 0 Å². The second-order valence-electron chi connectivity index (χ2n) is 16.7. The van der Waals surface area contributed by atoms with E-state index >= 15 is 0 Å². The van der Waals surface area contributed by atoms with Gasteiger partial charge in [-0.15, -0.1) is 0 Å². The van der Waals surface area contributed by atoms with Crippen molar-refractivity contribution in [2.45, 2.75) is 111 Å². The van der Waals surface area contributed by atoms with Crippen molar-refractivity contribution < 1.29 is 59.8 Å². The Balaban J connectivity index is 1.90. The minimum absolute atomic E-state index is 0.00276. The van der Waals surface area contributed by atoms with E-state index < -0.39 is 90.3 Å². The van der Waals surface area contributed by atoms with Crippen LogP contribution < -0.4 is 5.32 Å². The number of carbonyl (C=O) groups excluding carboxylic acids is 4. The van der Waals surface area contributed by atoms with Gasteiger partial charge in [0.25, 0.3) is 5.91 Å². The number of hydrogen-bond acceptors (Lipinski definition) is 9. The summed E-state index contributed by atoms with van der Waals surface area (Å²) in [4.78, 5) is 62.6. The summed E-state index contributed by atoms with van der Waals surface area (Å²) in [5, 5.41) is 2.61. The van der Waals surface area contributed by atoms with Crippen LogP contribution in [0.2, 0.25) is 0 Å². The number of rotatable bonds is 16.